The molecule has 19 heavy (non-hydrogen) atoms. The molecular weight excluding hydrogens is 238 g/mol. The number of likely N-dealkylation sites (tertiary alicyclic amines) is 1. The van der Waals surface area contributed by atoms with Gasteiger partial charge in [-0.05, 0) is 38.1 Å². The Balaban J connectivity index is 2.11. The van der Waals surface area contributed by atoms with Crippen LogP contribution in [0.3, 0.4) is 0 Å². The largest absolute Gasteiger partial charge is 0.497 e. The van der Waals surface area contributed by atoms with Crippen LogP contribution in [-0.2, 0) is 0 Å². The van der Waals surface area contributed by atoms with Crippen molar-refractivity contribution >= 4 is 5.69 Å². The van der Waals surface area contributed by atoms with Crippen LogP contribution < -0.4 is 10.1 Å². The van der Waals surface area contributed by atoms with Crippen LogP contribution >= 0.6 is 0 Å². The fourth-order valence-corrected chi connectivity index (χ4v) is 2.55. The maximum Gasteiger partial charge on any atom is 0.121 e. The lowest BCUT2D eigenvalue weighted by atomic mass is 10.0. The van der Waals surface area contributed by atoms with Crippen molar-refractivity contribution in [2.24, 2.45) is 0 Å². The molecule has 1 fully saturated rings. The first-order chi connectivity index (χ1) is 9.26. The van der Waals surface area contributed by atoms with Crippen molar-refractivity contribution in [1.82, 2.24) is 4.90 Å². The first kappa shape index (κ1) is 13.7. The van der Waals surface area contributed by atoms with E-state index in [1.807, 2.05) is 18.2 Å². The lowest BCUT2D eigenvalue weighted by Gasteiger charge is -2.33. The molecular formula is C15H21N3O. The zero-order chi connectivity index (χ0) is 13.7. The minimum Gasteiger partial charge on any atom is -0.497 e. The fourth-order valence-electron chi connectivity index (χ4n) is 2.55. The summed E-state index contributed by atoms with van der Waals surface area (Å²) >= 11 is 0. The Hall–Kier alpha value is -1.73. The molecule has 1 N–H and O–H groups in total. The Morgan fingerprint density at radius 3 is 3.05 bits per heavy atom. The molecule has 1 aliphatic heterocycles. The molecule has 1 heterocycles. The molecule has 1 unspecified atom stereocenters. The first-order valence-electron chi connectivity index (χ1n) is 6.83. The van der Waals surface area contributed by atoms with Crippen molar-refractivity contribution in [3.05, 3.63) is 23.8 Å². The topological polar surface area (TPSA) is 48.3 Å². The number of ether oxygens (including phenoxy) is 1. The van der Waals surface area contributed by atoms with Crippen LogP contribution in [0.2, 0.25) is 0 Å². The molecule has 0 aliphatic carbocycles. The average molecular weight is 259 g/mol. The van der Waals surface area contributed by atoms with Gasteiger partial charge >= 0.3 is 0 Å². The highest BCUT2D eigenvalue weighted by molar-refractivity contribution is 5.60. The molecule has 1 atom stereocenters. The summed E-state index contributed by atoms with van der Waals surface area (Å²) < 4.78 is 5.23. The highest BCUT2D eigenvalue weighted by atomic mass is 16.5. The number of benzene rings is 1. The summed E-state index contributed by atoms with van der Waals surface area (Å²) in [6.45, 7) is 5.49. The molecule has 1 aromatic carbocycles. The van der Waals surface area contributed by atoms with E-state index in [0.717, 1.165) is 30.9 Å². The summed E-state index contributed by atoms with van der Waals surface area (Å²) in [7, 11) is 1.64. The van der Waals surface area contributed by atoms with E-state index in [1.165, 1.54) is 13.0 Å². The first-order valence-corrected chi connectivity index (χ1v) is 6.83. The second-order valence-corrected chi connectivity index (χ2v) is 4.90. The van der Waals surface area contributed by atoms with Crippen molar-refractivity contribution in [2.75, 3.05) is 32.1 Å². The van der Waals surface area contributed by atoms with E-state index < -0.39 is 0 Å². The van der Waals surface area contributed by atoms with Crippen molar-refractivity contribution in [3.8, 4) is 11.8 Å². The molecule has 102 valence electrons. The molecule has 0 bridgehead atoms. The summed E-state index contributed by atoms with van der Waals surface area (Å²) in [5.74, 6) is 0.782. The third-order valence-electron chi connectivity index (χ3n) is 3.66. The minimum atomic E-state index is 0.410. The molecule has 0 aromatic heterocycles. The van der Waals surface area contributed by atoms with Gasteiger partial charge in [0.05, 0.1) is 18.4 Å². The van der Waals surface area contributed by atoms with Crippen LogP contribution in [0.5, 0.6) is 5.75 Å². The Bertz CT molecular complexity index is 467. The van der Waals surface area contributed by atoms with Crippen molar-refractivity contribution in [3.63, 3.8) is 0 Å². The minimum absolute atomic E-state index is 0.410. The number of piperidine rings is 1. The van der Waals surface area contributed by atoms with Crippen LogP contribution in [-0.4, -0.2) is 37.7 Å². The molecule has 0 spiro atoms. The van der Waals surface area contributed by atoms with Crippen LogP contribution in [0.1, 0.15) is 25.3 Å². The van der Waals surface area contributed by atoms with Gasteiger partial charge in [-0.1, -0.05) is 6.92 Å². The van der Waals surface area contributed by atoms with Gasteiger partial charge in [-0.15, -0.1) is 0 Å². The maximum atomic E-state index is 9.17. The summed E-state index contributed by atoms with van der Waals surface area (Å²) in [5, 5.41) is 12.7. The molecule has 2 rings (SSSR count). The van der Waals surface area contributed by atoms with Crippen molar-refractivity contribution in [2.45, 2.75) is 25.8 Å². The summed E-state index contributed by atoms with van der Waals surface area (Å²) in [6.07, 6.45) is 2.36. The van der Waals surface area contributed by atoms with E-state index in [2.05, 4.69) is 23.2 Å². The van der Waals surface area contributed by atoms with E-state index in [-0.39, 0.29) is 0 Å². The second-order valence-electron chi connectivity index (χ2n) is 4.90. The van der Waals surface area contributed by atoms with Crippen LogP contribution in [0, 0.1) is 11.3 Å². The molecule has 0 amide bonds. The molecule has 0 saturated carbocycles. The van der Waals surface area contributed by atoms with Gasteiger partial charge in [0.15, 0.2) is 0 Å². The number of hydrogen-bond acceptors (Lipinski definition) is 4. The number of likely N-dealkylation sites (N-methyl/N-ethyl adjacent to an activating group) is 1. The monoisotopic (exact) mass is 259 g/mol. The van der Waals surface area contributed by atoms with Gasteiger partial charge < -0.3 is 15.0 Å². The smallest absolute Gasteiger partial charge is 0.121 e. The SMILES string of the molecule is CCN1CCCC(Nc2cc(OC)ccc2C#N)C1. The lowest BCUT2D eigenvalue weighted by Crippen LogP contribution is -2.41. The number of nitriles is 1. The summed E-state index contributed by atoms with van der Waals surface area (Å²) in [6, 6.07) is 8.18. The molecule has 4 nitrogen and oxygen atoms in total. The van der Waals surface area contributed by atoms with Crippen LogP contribution in [0.15, 0.2) is 18.2 Å². The number of nitrogens with one attached hydrogen (secondary N) is 1. The Labute approximate surface area is 115 Å². The zero-order valence-electron chi connectivity index (χ0n) is 11.6. The standard InChI is InChI=1S/C15H21N3O/c1-3-18-8-4-5-13(11-18)17-15-9-14(19-2)7-6-12(15)10-16/h6-7,9,13,17H,3-5,8,11H2,1-2H3. The summed E-state index contributed by atoms with van der Waals surface area (Å²) in [4.78, 5) is 2.44. The third-order valence-corrected chi connectivity index (χ3v) is 3.66. The van der Waals surface area contributed by atoms with E-state index in [1.54, 1.807) is 7.11 Å². The third kappa shape index (κ3) is 3.39. The molecule has 1 aromatic rings. The van der Waals surface area contributed by atoms with E-state index in [0.29, 0.717) is 11.6 Å². The average Bonchev–Trinajstić information content (AvgIpc) is 2.47. The molecule has 1 aliphatic rings. The predicted molar refractivity (Wildman–Crippen MR) is 76.5 cm³/mol. The Kier molecular flexibility index (Phi) is 4.64. The van der Waals surface area contributed by atoms with Crippen LogP contribution in [0.25, 0.3) is 0 Å². The number of nitrogens with zero attached hydrogens (tertiary/aromatic N) is 2. The molecule has 1 saturated heterocycles. The number of rotatable bonds is 4. The van der Waals surface area contributed by atoms with E-state index >= 15 is 0 Å². The van der Waals surface area contributed by atoms with Crippen molar-refractivity contribution in [1.29, 1.82) is 5.26 Å². The van der Waals surface area contributed by atoms with E-state index in [9.17, 15) is 0 Å². The van der Waals surface area contributed by atoms with Gasteiger partial charge in [0.2, 0.25) is 0 Å². The Morgan fingerprint density at radius 1 is 1.53 bits per heavy atom. The second kappa shape index (κ2) is 6.44. The van der Waals surface area contributed by atoms with E-state index in [4.69, 9.17) is 10.00 Å². The molecule has 0 radical (unpaired) electrons. The fraction of sp³-hybridized carbons (Fsp3) is 0.533. The zero-order valence-corrected chi connectivity index (χ0v) is 11.6. The van der Waals surface area contributed by atoms with Crippen molar-refractivity contribution < 1.29 is 4.74 Å². The predicted octanol–water partition coefficient (Wildman–Crippen LogP) is 2.46. The van der Waals surface area contributed by atoms with Gasteiger partial charge in [-0.3, -0.25) is 0 Å². The lowest BCUT2D eigenvalue weighted by molar-refractivity contribution is 0.227. The number of anilines is 1. The quantitative estimate of drug-likeness (QED) is 0.902. The highest BCUT2D eigenvalue weighted by Crippen LogP contribution is 2.24. The number of methoxy groups -OCH3 is 1. The Morgan fingerprint density at radius 2 is 2.37 bits per heavy atom. The van der Waals surface area contributed by atoms with Gasteiger partial charge in [-0.25, -0.2) is 0 Å². The van der Waals surface area contributed by atoms with Crippen LogP contribution in [0.4, 0.5) is 5.69 Å². The molecule has 4 heteroatoms. The summed E-state index contributed by atoms with van der Waals surface area (Å²) in [5.41, 5.74) is 1.55. The van der Waals surface area contributed by atoms with Gasteiger partial charge in [-0.2, -0.15) is 5.26 Å². The van der Waals surface area contributed by atoms with Gasteiger partial charge in [0.25, 0.3) is 0 Å². The van der Waals surface area contributed by atoms with Gasteiger partial charge in [0, 0.05) is 18.7 Å². The number of hydrogen-bond donors (Lipinski definition) is 1. The maximum absolute atomic E-state index is 9.17. The highest BCUT2D eigenvalue weighted by Gasteiger charge is 2.19. The normalized spacial score (nSPS) is 19.7. The van der Waals surface area contributed by atoms with Gasteiger partial charge in [0.1, 0.15) is 11.8 Å².